The zero-order valence-corrected chi connectivity index (χ0v) is 14.0. The van der Waals surface area contributed by atoms with Crippen molar-refractivity contribution in [2.75, 3.05) is 10.6 Å². The van der Waals surface area contributed by atoms with E-state index in [1.807, 2.05) is 0 Å². The Kier molecular flexibility index (Phi) is 5.92. The summed E-state index contributed by atoms with van der Waals surface area (Å²) in [4.78, 5) is 23.6. The highest BCUT2D eigenvalue weighted by molar-refractivity contribution is 6.36. The van der Waals surface area contributed by atoms with Gasteiger partial charge in [0.15, 0.2) is 0 Å². The van der Waals surface area contributed by atoms with Crippen molar-refractivity contribution in [2.24, 2.45) is 0 Å². The van der Waals surface area contributed by atoms with Crippen molar-refractivity contribution in [3.63, 3.8) is 0 Å². The van der Waals surface area contributed by atoms with Crippen LogP contribution in [-0.2, 0) is 15.8 Å². The summed E-state index contributed by atoms with van der Waals surface area (Å²) in [5, 5.41) is 5.23. The average molecular weight is 391 g/mol. The molecule has 2 aromatic rings. The standard InChI is InChI=1S/C16H11Cl2F3N2O2/c17-10-4-5-13(12(18)7-10)23-15(25)8-14(24)22-11-3-1-2-9(6-11)16(19,20)21/h1-7H,8H2,(H,22,24)(H,23,25). The van der Waals surface area contributed by atoms with Crippen molar-refractivity contribution in [1.82, 2.24) is 0 Å². The largest absolute Gasteiger partial charge is 0.416 e. The first-order valence-electron chi connectivity index (χ1n) is 6.87. The Morgan fingerprint density at radius 3 is 2.28 bits per heavy atom. The van der Waals surface area contributed by atoms with E-state index in [0.717, 1.165) is 18.2 Å². The molecule has 0 radical (unpaired) electrons. The number of rotatable bonds is 4. The number of carbonyl (C=O) groups excluding carboxylic acids is 2. The highest BCUT2D eigenvalue weighted by Gasteiger charge is 2.30. The van der Waals surface area contributed by atoms with E-state index in [0.29, 0.717) is 5.02 Å². The third-order valence-electron chi connectivity index (χ3n) is 3.00. The molecular formula is C16H11Cl2F3N2O2. The van der Waals surface area contributed by atoms with Gasteiger partial charge in [-0.15, -0.1) is 0 Å². The van der Waals surface area contributed by atoms with Crippen molar-refractivity contribution >= 4 is 46.4 Å². The molecule has 9 heteroatoms. The van der Waals surface area contributed by atoms with E-state index in [-0.39, 0.29) is 16.4 Å². The number of carbonyl (C=O) groups is 2. The smallest absolute Gasteiger partial charge is 0.326 e. The van der Waals surface area contributed by atoms with Gasteiger partial charge in [0.2, 0.25) is 11.8 Å². The highest BCUT2D eigenvalue weighted by atomic mass is 35.5. The first-order chi connectivity index (χ1) is 11.6. The van der Waals surface area contributed by atoms with Crippen LogP contribution in [0.15, 0.2) is 42.5 Å². The maximum absolute atomic E-state index is 12.6. The van der Waals surface area contributed by atoms with E-state index in [1.165, 1.54) is 24.3 Å². The zero-order valence-electron chi connectivity index (χ0n) is 12.5. The van der Waals surface area contributed by atoms with Crippen molar-refractivity contribution in [3.8, 4) is 0 Å². The molecule has 0 saturated carbocycles. The maximum Gasteiger partial charge on any atom is 0.416 e. The molecule has 0 aliphatic carbocycles. The molecule has 0 aliphatic heterocycles. The Labute approximate surface area is 150 Å². The molecule has 132 valence electrons. The second-order valence-corrected chi connectivity index (χ2v) is 5.82. The second kappa shape index (κ2) is 7.76. The van der Waals surface area contributed by atoms with Gasteiger partial charge in [-0.05, 0) is 36.4 Å². The van der Waals surface area contributed by atoms with Crippen LogP contribution in [0.25, 0.3) is 0 Å². The molecule has 0 bridgehead atoms. The topological polar surface area (TPSA) is 58.2 Å². The summed E-state index contributed by atoms with van der Waals surface area (Å²) in [6.07, 6.45) is -5.11. The van der Waals surface area contributed by atoms with Gasteiger partial charge in [-0.25, -0.2) is 0 Å². The summed E-state index contributed by atoms with van der Waals surface area (Å²) in [5.41, 5.74) is -0.692. The lowest BCUT2D eigenvalue weighted by atomic mass is 10.2. The van der Waals surface area contributed by atoms with Gasteiger partial charge in [0, 0.05) is 10.7 Å². The number of hydrogen-bond donors (Lipinski definition) is 2. The first-order valence-corrected chi connectivity index (χ1v) is 7.63. The number of hydrogen-bond acceptors (Lipinski definition) is 2. The normalized spacial score (nSPS) is 11.1. The molecule has 2 aromatic carbocycles. The van der Waals surface area contributed by atoms with Crippen LogP contribution in [0.5, 0.6) is 0 Å². The molecule has 2 rings (SSSR count). The lowest BCUT2D eigenvalue weighted by molar-refractivity contribution is -0.137. The van der Waals surface area contributed by atoms with Gasteiger partial charge < -0.3 is 10.6 Å². The van der Waals surface area contributed by atoms with Crippen LogP contribution in [-0.4, -0.2) is 11.8 Å². The molecule has 0 spiro atoms. The van der Waals surface area contributed by atoms with Gasteiger partial charge in [-0.2, -0.15) is 13.2 Å². The number of nitrogens with one attached hydrogen (secondary N) is 2. The Balaban J connectivity index is 1.97. The molecular weight excluding hydrogens is 380 g/mol. The Morgan fingerprint density at radius 1 is 0.960 bits per heavy atom. The molecule has 0 unspecified atom stereocenters. The predicted molar refractivity (Wildman–Crippen MR) is 89.8 cm³/mol. The minimum atomic E-state index is -4.52. The number of alkyl halides is 3. The fourth-order valence-electron chi connectivity index (χ4n) is 1.91. The zero-order chi connectivity index (χ0) is 18.6. The van der Waals surface area contributed by atoms with Gasteiger partial charge in [-0.1, -0.05) is 29.3 Å². The molecule has 0 aromatic heterocycles. The molecule has 0 saturated heterocycles. The van der Waals surface area contributed by atoms with Gasteiger partial charge in [0.25, 0.3) is 0 Å². The van der Waals surface area contributed by atoms with E-state index in [1.54, 1.807) is 0 Å². The maximum atomic E-state index is 12.6. The number of halogens is 5. The summed E-state index contributed by atoms with van der Waals surface area (Å²) in [7, 11) is 0. The summed E-state index contributed by atoms with van der Waals surface area (Å²) in [5.74, 6) is -1.43. The Morgan fingerprint density at radius 2 is 1.64 bits per heavy atom. The fourth-order valence-corrected chi connectivity index (χ4v) is 2.37. The highest BCUT2D eigenvalue weighted by Crippen LogP contribution is 2.30. The quantitative estimate of drug-likeness (QED) is 0.723. The summed E-state index contributed by atoms with van der Waals surface area (Å²) >= 11 is 11.6. The lowest BCUT2D eigenvalue weighted by Crippen LogP contribution is -2.21. The monoisotopic (exact) mass is 390 g/mol. The van der Waals surface area contributed by atoms with Crippen LogP contribution in [0.2, 0.25) is 10.0 Å². The second-order valence-electron chi connectivity index (χ2n) is 4.98. The van der Waals surface area contributed by atoms with Crippen LogP contribution >= 0.6 is 23.2 Å². The van der Waals surface area contributed by atoms with Crippen molar-refractivity contribution in [3.05, 3.63) is 58.1 Å². The van der Waals surface area contributed by atoms with E-state index in [9.17, 15) is 22.8 Å². The van der Waals surface area contributed by atoms with Crippen LogP contribution in [0.3, 0.4) is 0 Å². The van der Waals surface area contributed by atoms with Gasteiger partial charge >= 0.3 is 6.18 Å². The van der Waals surface area contributed by atoms with Gasteiger partial charge in [-0.3, -0.25) is 9.59 Å². The summed E-state index contributed by atoms with van der Waals surface area (Å²) in [6, 6.07) is 8.50. The minimum absolute atomic E-state index is 0.0582. The molecule has 4 nitrogen and oxygen atoms in total. The van der Waals surface area contributed by atoms with E-state index in [4.69, 9.17) is 23.2 Å². The summed E-state index contributed by atoms with van der Waals surface area (Å²) < 4.78 is 37.9. The van der Waals surface area contributed by atoms with E-state index < -0.39 is 30.0 Å². The molecule has 0 heterocycles. The number of anilines is 2. The van der Waals surface area contributed by atoms with Crippen LogP contribution in [0.4, 0.5) is 24.5 Å². The first kappa shape index (κ1) is 19.1. The molecule has 2 amide bonds. The van der Waals surface area contributed by atoms with Crippen LogP contribution in [0.1, 0.15) is 12.0 Å². The van der Waals surface area contributed by atoms with E-state index in [2.05, 4.69) is 10.6 Å². The lowest BCUT2D eigenvalue weighted by Gasteiger charge is -2.10. The average Bonchev–Trinajstić information content (AvgIpc) is 2.49. The van der Waals surface area contributed by atoms with Crippen molar-refractivity contribution in [2.45, 2.75) is 12.6 Å². The number of amides is 2. The third kappa shape index (κ3) is 5.65. The molecule has 2 N–H and O–H groups in total. The SMILES string of the molecule is O=C(CC(=O)Nc1ccc(Cl)cc1Cl)Nc1cccc(C(F)(F)F)c1. The Bertz CT molecular complexity index is 810. The fraction of sp³-hybridized carbons (Fsp3) is 0.125. The summed E-state index contributed by atoms with van der Waals surface area (Å²) in [6.45, 7) is 0. The third-order valence-corrected chi connectivity index (χ3v) is 3.55. The molecule has 0 atom stereocenters. The number of benzene rings is 2. The van der Waals surface area contributed by atoms with Crippen molar-refractivity contribution in [1.29, 1.82) is 0 Å². The van der Waals surface area contributed by atoms with Crippen LogP contribution in [0, 0.1) is 0 Å². The van der Waals surface area contributed by atoms with Crippen molar-refractivity contribution < 1.29 is 22.8 Å². The Hall–Kier alpha value is -2.25. The minimum Gasteiger partial charge on any atom is -0.326 e. The molecule has 0 fully saturated rings. The van der Waals surface area contributed by atoms with Gasteiger partial charge in [0.1, 0.15) is 6.42 Å². The molecule has 0 aliphatic rings. The van der Waals surface area contributed by atoms with E-state index >= 15 is 0 Å². The predicted octanol–water partition coefficient (Wildman–Crippen LogP) is 4.98. The van der Waals surface area contributed by atoms with Gasteiger partial charge in [0.05, 0.1) is 16.3 Å². The van der Waals surface area contributed by atoms with Crippen LogP contribution < -0.4 is 10.6 Å². The molecule has 25 heavy (non-hydrogen) atoms.